The molecule has 0 saturated carbocycles. The monoisotopic (exact) mass is 350 g/mol. The Balaban J connectivity index is 1.98. The molecule has 2 amide bonds. The molecule has 0 radical (unpaired) electrons. The Morgan fingerprint density at radius 3 is 2.16 bits per heavy atom. The quantitative estimate of drug-likeness (QED) is 0.632. The predicted molar refractivity (Wildman–Crippen MR) is 88.6 cm³/mol. The maximum absolute atomic E-state index is 13.5. The van der Waals surface area contributed by atoms with Gasteiger partial charge in [-0.3, -0.25) is 9.59 Å². The summed E-state index contributed by atoms with van der Waals surface area (Å²) in [5, 5.41) is 4.25. The number of hydrogen-bond donors (Lipinski definition) is 2. The molecule has 7 heteroatoms. The van der Waals surface area contributed by atoms with Crippen molar-refractivity contribution in [1.82, 2.24) is 0 Å². The number of rotatable bonds is 5. The van der Waals surface area contributed by atoms with Crippen LogP contribution in [0, 0.1) is 17.5 Å². The Labute approximate surface area is 143 Å². The van der Waals surface area contributed by atoms with E-state index in [1.54, 1.807) is 12.1 Å². The summed E-state index contributed by atoms with van der Waals surface area (Å²) in [6.45, 7) is 2.09. The van der Waals surface area contributed by atoms with Gasteiger partial charge in [-0.15, -0.1) is 0 Å². The van der Waals surface area contributed by atoms with Gasteiger partial charge in [-0.1, -0.05) is 25.5 Å². The lowest BCUT2D eigenvalue weighted by Crippen LogP contribution is -2.29. The molecule has 0 aliphatic heterocycles. The average molecular weight is 350 g/mol. The molecule has 2 N–H and O–H groups in total. The minimum absolute atomic E-state index is 0.395. The lowest BCUT2D eigenvalue weighted by Gasteiger charge is -2.08. The van der Waals surface area contributed by atoms with Crippen molar-refractivity contribution in [2.45, 2.75) is 26.2 Å². The molecular formula is C18H17F3N2O2. The van der Waals surface area contributed by atoms with Crippen molar-refractivity contribution in [2.75, 3.05) is 10.6 Å². The van der Waals surface area contributed by atoms with Crippen LogP contribution in [0.3, 0.4) is 0 Å². The number of nitrogens with one attached hydrogen (secondary N) is 2. The summed E-state index contributed by atoms with van der Waals surface area (Å²) in [6.07, 6.45) is 3.04. The van der Waals surface area contributed by atoms with Gasteiger partial charge in [0.1, 0.15) is 0 Å². The molecule has 0 spiro atoms. The Morgan fingerprint density at radius 1 is 0.880 bits per heavy atom. The molecule has 0 aliphatic rings. The zero-order valence-electron chi connectivity index (χ0n) is 13.5. The van der Waals surface area contributed by atoms with Gasteiger partial charge in [0.25, 0.3) is 0 Å². The van der Waals surface area contributed by atoms with Crippen molar-refractivity contribution in [3.63, 3.8) is 0 Å². The Hall–Kier alpha value is -2.83. The van der Waals surface area contributed by atoms with Gasteiger partial charge in [-0.05, 0) is 42.7 Å². The van der Waals surface area contributed by atoms with E-state index in [2.05, 4.69) is 12.2 Å². The van der Waals surface area contributed by atoms with Crippen molar-refractivity contribution >= 4 is 23.2 Å². The first-order valence-corrected chi connectivity index (χ1v) is 7.77. The van der Waals surface area contributed by atoms with Crippen LogP contribution in [-0.2, 0) is 16.0 Å². The smallest absolute Gasteiger partial charge is 0.314 e. The number of benzene rings is 2. The second-order valence-electron chi connectivity index (χ2n) is 5.43. The molecule has 0 aromatic heterocycles. The summed E-state index contributed by atoms with van der Waals surface area (Å²) in [7, 11) is 0. The van der Waals surface area contributed by atoms with Crippen molar-refractivity contribution < 1.29 is 22.8 Å². The van der Waals surface area contributed by atoms with Crippen LogP contribution in [0.1, 0.15) is 25.3 Å². The SMILES string of the molecule is CCCCc1ccc(NC(=O)C(=O)Nc2ccc(F)c(F)c2F)cc1. The first-order chi connectivity index (χ1) is 11.9. The van der Waals surface area contributed by atoms with Crippen molar-refractivity contribution in [1.29, 1.82) is 0 Å². The molecule has 0 atom stereocenters. The van der Waals surface area contributed by atoms with Crippen LogP contribution in [0.5, 0.6) is 0 Å². The molecule has 2 rings (SSSR count). The highest BCUT2D eigenvalue weighted by molar-refractivity contribution is 6.43. The minimum Gasteiger partial charge on any atom is -0.318 e. The summed E-state index contributed by atoms with van der Waals surface area (Å²) in [5.74, 6) is -6.92. The van der Waals surface area contributed by atoms with Gasteiger partial charge in [0.15, 0.2) is 17.5 Å². The third-order valence-electron chi connectivity index (χ3n) is 3.52. The standard InChI is InChI=1S/C18H17F3N2O2/c1-2-3-4-11-5-7-12(8-6-11)22-17(24)18(25)23-14-10-9-13(19)15(20)16(14)21/h5-10H,2-4H2,1H3,(H,22,24)(H,23,25). The van der Waals surface area contributed by atoms with E-state index in [1.165, 1.54) is 0 Å². The third-order valence-corrected chi connectivity index (χ3v) is 3.52. The van der Waals surface area contributed by atoms with Gasteiger partial charge in [0.2, 0.25) is 0 Å². The van der Waals surface area contributed by atoms with E-state index in [1.807, 2.05) is 17.4 Å². The van der Waals surface area contributed by atoms with E-state index >= 15 is 0 Å². The number of carbonyl (C=O) groups is 2. The number of carbonyl (C=O) groups excluding carboxylic acids is 2. The van der Waals surface area contributed by atoms with Gasteiger partial charge in [0, 0.05) is 5.69 Å². The van der Waals surface area contributed by atoms with Crippen LogP contribution in [0.25, 0.3) is 0 Å². The molecule has 0 bridgehead atoms. The first kappa shape index (κ1) is 18.5. The molecule has 2 aromatic rings. The molecule has 0 aliphatic carbocycles. The fourth-order valence-corrected chi connectivity index (χ4v) is 2.13. The third kappa shape index (κ3) is 4.82. The first-order valence-electron chi connectivity index (χ1n) is 7.77. The van der Waals surface area contributed by atoms with Crippen molar-refractivity contribution in [3.05, 3.63) is 59.4 Å². The van der Waals surface area contributed by atoms with E-state index in [4.69, 9.17) is 0 Å². The molecule has 25 heavy (non-hydrogen) atoms. The van der Waals surface area contributed by atoms with E-state index < -0.39 is 35.0 Å². The number of aryl methyl sites for hydroxylation is 1. The lowest BCUT2D eigenvalue weighted by molar-refractivity contribution is -0.133. The van der Waals surface area contributed by atoms with Crippen LogP contribution in [-0.4, -0.2) is 11.8 Å². The predicted octanol–water partition coefficient (Wildman–Crippen LogP) is 4.02. The number of amides is 2. The topological polar surface area (TPSA) is 58.2 Å². The molecule has 0 heterocycles. The summed E-state index contributed by atoms with van der Waals surface area (Å²) < 4.78 is 39.5. The van der Waals surface area contributed by atoms with Gasteiger partial charge in [-0.2, -0.15) is 0 Å². The van der Waals surface area contributed by atoms with E-state index in [-0.39, 0.29) is 0 Å². The van der Waals surface area contributed by atoms with E-state index in [0.29, 0.717) is 11.8 Å². The molecule has 4 nitrogen and oxygen atoms in total. The Kier molecular flexibility index (Phi) is 6.16. The second-order valence-corrected chi connectivity index (χ2v) is 5.43. The molecule has 0 saturated heterocycles. The van der Waals surface area contributed by atoms with Crippen LogP contribution >= 0.6 is 0 Å². The van der Waals surface area contributed by atoms with Crippen LogP contribution in [0.4, 0.5) is 24.5 Å². The Morgan fingerprint density at radius 2 is 1.52 bits per heavy atom. The zero-order valence-corrected chi connectivity index (χ0v) is 13.5. The summed E-state index contributed by atoms with van der Waals surface area (Å²) in [5.41, 5.74) is 0.883. The summed E-state index contributed by atoms with van der Waals surface area (Å²) in [4.78, 5) is 23.6. The normalized spacial score (nSPS) is 10.4. The Bertz CT molecular complexity index is 777. The fourth-order valence-electron chi connectivity index (χ4n) is 2.13. The highest BCUT2D eigenvalue weighted by atomic mass is 19.2. The van der Waals surface area contributed by atoms with Crippen molar-refractivity contribution in [2.24, 2.45) is 0 Å². The number of unbranched alkanes of at least 4 members (excludes halogenated alkanes) is 1. The fraction of sp³-hybridized carbons (Fsp3) is 0.222. The highest BCUT2D eigenvalue weighted by Crippen LogP contribution is 2.19. The molecule has 2 aromatic carbocycles. The average Bonchev–Trinajstić information content (AvgIpc) is 2.61. The van der Waals surface area contributed by atoms with Gasteiger partial charge < -0.3 is 10.6 Å². The van der Waals surface area contributed by atoms with Gasteiger partial charge >= 0.3 is 11.8 Å². The number of anilines is 2. The van der Waals surface area contributed by atoms with Crippen LogP contribution < -0.4 is 10.6 Å². The van der Waals surface area contributed by atoms with E-state index in [0.717, 1.165) is 30.9 Å². The number of halogens is 3. The van der Waals surface area contributed by atoms with E-state index in [9.17, 15) is 22.8 Å². The minimum atomic E-state index is -1.72. The summed E-state index contributed by atoms with van der Waals surface area (Å²) in [6, 6.07) is 8.45. The summed E-state index contributed by atoms with van der Waals surface area (Å²) >= 11 is 0. The highest BCUT2D eigenvalue weighted by Gasteiger charge is 2.19. The largest absolute Gasteiger partial charge is 0.318 e. The van der Waals surface area contributed by atoms with Crippen molar-refractivity contribution in [3.8, 4) is 0 Å². The maximum Gasteiger partial charge on any atom is 0.314 e. The molecule has 0 fully saturated rings. The zero-order chi connectivity index (χ0) is 18.4. The van der Waals surface area contributed by atoms with Crippen LogP contribution in [0.15, 0.2) is 36.4 Å². The number of hydrogen-bond acceptors (Lipinski definition) is 2. The second kappa shape index (κ2) is 8.32. The molecular weight excluding hydrogens is 333 g/mol. The van der Waals surface area contributed by atoms with Gasteiger partial charge in [0.05, 0.1) is 5.69 Å². The van der Waals surface area contributed by atoms with Crippen LogP contribution in [0.2, 0.25) is 0 Å². The maximum atomic E-state index is 13.5. The lowest BCUT2D eigenvalue weighted by atomic mass is 10.1. The molecule has 132 valence electrons. The molecule has 0 unspecified atom stereocenters. The van der Waals surface area contributed by atoms with Gasteiger partial charge in [-0.25, -0.2) is 13.2 Å².